The molecule has 1 amide bonds. The number of carbonyl (C=O) groups excluding carboxylic acids is 1. The molecule has 6 nitrogen and oxygen atoms in total. The van der Waals surface area contributed by atoms with E-state index in [0.29, 0.717) is 6.54 Å². The van der Waals surface area contributed by atoms with E-state index in [1.54, 1.807) is 23.2 Å². The van der Waals surface area contributed by atoms with Gasteiger partial charge in [-0.05, 0) is 38.8 Å². The van der Waals surface area contributed by atoms with Crippen molar-refractivity contribution in [1.29, 1.82) is 0 Å². The van der Waals surface area contributed by atoms with Gasteiger partial charge in [-0.3, -0.25) is 19.5 Å². The number of amides is 1. The maximum Gasteiger partial charge on any atom is 0.225 e. The van der Waals surface area contributed by atoms with Crippen LogP contribution >= 0.6 is 11.3 Å². The first kappa shape index (κ1) is 18.8. The van der Waals surface area contributed by atoms with Crippen LogP contribution in [0.4, 0.5) is 5.13 Å². The third-order valence-electron chi connectivity index (χ3n) is 5.18. The molecule has 0 saturated carbocycles. The summed E-state index contributed by atoms with van der Waals surface area (Å²) in [7, 11) is 0. The predicted molar refractivity (Wildman–Crippen MR) is 101 cm³/mol. The molecule has 3 heterocycles. The van der Waals surface area contributed by atoms with Crippen molar-refractivity contribution in [2.24, 2.45) is 5.92 Å². The van der Waals surface area contributed by atoms with E-state index in [1.165, 1.54) is 19.4 Å². The monoisotopic (exact) mass is 366 g/mol. The van der Waals surface area contributed by atoms with Crippen LogP contribution in [0.1, 0.15) is 32.4 Å². The number of anilines is 1. The molecule has 0 N–H and O–H groups in total. The number of hydrogen-bond donors (Lipinski definition) is 0. The first-order chi connectivity index (χ1) is 12.2. The van der Waals surface area contributed by atoms with Crippen molar-refractivity contribution in [2.45, 2.75) is 33.2 Å². The molecule has 2 aliphatic rings. The highest BCUT2D eigenvalue weighted by Gasteiger charge is 2.23. The maximum absolute atomic E-state index is 11.6. The molecule has 0 unspecified atom stereocenters. The summed E-state index contributed by atoms with van der Waals surface area (Å²) in [6.45, 7) is 12.6. The van der Waals surface area contributed by atoms with Crippen molar-refractivity contribution in [2.75, 3.05) is 57.4 Å². The predicted octanol–water partition coefficient (Wildman–Crippen LogP) is 2.06. The fraction of sp³-hybridized carbons (Fsp3) is 0.778. The van der Waals surface area contributed by atoms with Crippen molar-refractivity contribution in [1.82, 2.24) is 14.8 Å². The number of carbonyl (C=O) groups is 1. The van der Waals surface area contributed by atoms with Gasteiger partial charge in [0.1, 0.15) is 0 Å². The number of likely N-dealkylation sites (tertiary alicyclic amines) is 1. The molecule has 0 atom stereocenters. The molecule has 2 fully saturated rings. The Morgan fingerprint density at radius 1 is 1.28 bits per heavy atom. The molecule has 0 aliphatic carbocycles. The van der Waals surface area contributed by atoms with Crippen molar-refractivity contribution in [3.05, 3.63) is 11.1 Å². The van der Waals surface area contributed by atoms with E-state index in [-0.39, 0.29) is 5.91 Å². The summed E-state index contributed by atoms with van der Waals surface area (Å²) >= 11 is 1.57. The zero-order chi connectivity index (χ0) is 17.6. The zero-order valence-electron chi connectivity index (χ0n) is 15.4. The smallest absolute Gasteiger partial charge is 0.225 e. The summed E-state index contributed by atoms with van der Waals surface area (Å²) < 4.78 is 5.43. The Bertz CT molecular complexity index is 551. The molecule has 0 spiro atoms. The van der Waals surface area contributed by atoms with Gasteiger partial charge in [0.05, 0.1) is 18.9 Å². The van der Waals surface area contributed by atoms with E-state index in [1.807, 2.05) is 6.92 Å². The van der Waals surface area contributed by atoms with Crippen LogP contribution in [-0.4, -0.2) is 73.2 Å². The standard InChI is InChI=1S/C18H30N4O2S/c1-3-22(15(2)23)18-19-17(14-25-18)13-20-6-4-16(5-7-20)12-21-8-10-24-11-9-21/h14,16H,3-13H2,1-2H3. The summed E-state index contributed by atoms with van der Waals surface area (Å²) in [6.07, 6.45) is 2.53. The van der Waals surface area contributed by atoms with Gasteiger partial charge >= 0.3 is 0 Å². The highest BCUT2D eigenvalue weighted by Crippen LogP contribution is 2.24. The van der Waals surface area contributed by atoms with Crippen LogP contribution in [0.15, 0.2) is 5.38 Å². The third-order valence-corrected chi connectivity index (χ3v) is 6.09. The Morgan fingerprint density at radius 2 is 2.00 bits per heavy atom. The van der Waals surface area contributed by atoms with Crippen molar-refractivity contribution >= 4 is 22.4 Å². The summed E-state index contributed by atoms with van der Waals surface area (Å²) in [5, 5.41) is 2.92. The molecule has 1 aromatic heterocycles. The highest BCUT2D eigenvalue weighted by molar-refractivity contribution is 7.14. The van der Waals surface area contributed by atoms with Gasteiger partial charge in [-0.1, -0.05) is 0 Å². The number of morpholine rings is 1. The van der Waals surface area contributed by atoms with E-state index in [2.05, 4.69) is 20.2 Å². The topological polar surface area (TPSA) is 48.9 Å². The lowest BCUT2D eigenvalue weighted by molar-refractivity contribution is -0.116. The number of rotatable bonds is 6. The Morgan fingerprint density at radius 3 is 2.64 bits per heavy atom. The number of aromatic nitrogens is 1. The molecule has 2 saturated heterocycles. The van der Waals surface area contributed by atoms with Crippen LogP contribution in [0.25, 0.3) is 0 Å². The number of ether oxygens (including phenoxy) is 1. The molecular weight excluding hydrogens is 336 g/mol. The molecule has 3 rings (SSSR count). The minimum Gasteiger partial charge on any atom is -0.379 e. The number of piperidine rings is 1. The van der Waals surface area contributed by atoms with Crippen molar-refractivity contribution in [3.63, 3.8) is 0 Å². The Hall–Kier alpha value is -1.02. The largest absolute Gasteiger partial charge is 0.379 e. The van der Waals surface area contributed by atoms with E-state index in [9.17, 15) is 4.79 Å². The van der Waals surface area contributed by atoms with Crippen LogP contribution in [0.2, 0.25) is 0 Å². The van der Waals surface area contributed by atoms with Gasteiger partial charge in [-0.2, -0.15) is 0 Å². The minimum atomic E-state index is 0.0623. The summed E-state index contributed by atoms with van der Waals surface area (Å²) in [6, 6.07) is 0. The summed E-state index contributed by atoms with van der Waals surface area (Å²) in [5.41, 5.74) is 1.09. The van der Waals surface area contributed by atoms with Gasteiger partial charge in [0.2, 0.25) is 5.91 Å². The fourth-order valence-corrected chi connectivity index (χ4v) is 4.61. The van der Waals surface area contributed by atoms with E-state index in [0.717, 1.165) is 62.7 Å². The second-order valence-electron chi connectivity index (χ2n) is 7.02. The fourth-order valence-electron chi connectivity index (χ4n) is 3.69. The molecule has 0 aromatic carbocycles. The maximum atomic E-state index is 11.6. The van der Waals surface area contributed by atoms with Crippen molar-refractivity contribution < 1.29 is 9.53 Å². The lowest BCUT2D eigenvalue weighted by Gasteiger charge is -2.35. The lowest BCUT2D eigenvalue weighted by Crippen LogP contribution is -2.42. The summed E-state index contributed by atoms with van der Waals surface area (Å²) in [5.74, 6) is 0.876. The molecule has 25 heavy (non-hydrogen) atoms. The van der Waals surface area contributed by atoms with Crippen LogP contribution < -0.4 is 4.90 Å². The molecule has 7 heteroatoms. The normalized spacial score (nSPS) is 20.7. The first-order valence-corrected chi connectivity index (χ1v) is 10.3. The van der Waals surface area contributed by atoms with Crippen LogP contribution in [0.5, 0.6) is 0 Å². The molecule has 0 radical (unpaired) electrons. The van der Waals surface area contributed by atoms with Gasteiger partial charge in [0.25, 0.3) is 0 Å². The minimum absolute atomic E-state index is 0.0623. The van der Waals surface area contributed by atoms with Crippen LogP contribution in [0.3, 0.4) is 0 Å². The average Bonchev–Trinajstić information content (AvgIpc) is 3.06. The highest BCUT2D eigenvalue weighted by atomic mass is 32.1. The van der Waals surface area contributed by atoms with Gasteiger partial charge in [0.15, 0.2) is 5.13 Å². The van der Waals surface area contributed by atoms with Crippen molar-refractivity contribution in [3.8, 4) is 0 Å². The van der Waals surface area contributed by atoms with Crippen LogP contribution in [-0.2, 0) is 16.1 Å². The SMILES string of the molecule is CCN(C(C)=O)c1nc(CN2CCC(CN3CCOCC3)CC2)cs1. The van der Waals surface area contributed by atoms with Gasteiger partial charge in [-0.25, -0.2) is 4.98 Å². The zero-order valence-corrected chi connectivity index (χ0v) is 16.3. The number of thiazole rings is 1. The van der Waals surface area contributed by atoms with E-state index >= 15 is 0 Å². The first-order valence-electron chi connectivity index (χ1n) is 9.40. The average molecular weight is 367 g/mol. The van der Waals surface area contributed by atoms with Gasteiger partial charge in [0, 0.05) is 45.0 Å². The quantitative estimate of drug-likeness (QED) is 0.771. The Balaban J connectivity index is 1.44. The lowest BCUT2D eigenvalue weighted by atomic mass is 9.96. The van der Waals surface area contributed by atoms with E-state index in [4.69, 9.17) is 4.74 Å². The molecule has 140 valence electrons. The molecule has 2 aliphatic heterocycles. The number of nitrogens with zero attached hydrogens (tertiary/aromatic N) is 4. The molecule has 1 aromatic rings. The van der Waals surface area contributed by atoms with Crippen LogP contribution in [0, 0.1) is 5.92 Å². The Labute approximate surface area is 154 Å². The third kappa shape index (κ3) is 5.23. The van der Waals surface area contributed by atoms with E-state index < -0.39 is 0 Å². The number of hydrogen-bond acceptors (Lipinski definition) is 6. The summed E-state index contributed by atoms with van der Waals surface area (Å²) in [4.78, 5) is 23.1. The Kier molecular flexibility index (Phi) is 6.81. The molecule has 0 bridgehead atoms. The van der Waals surface area contributed by atoms with Gasteiger partial charge < -0.3 is 4.74 Å². The van der Waals surface area contributed by atoms with Gasteiger partial charge in [-0.15, -0.1) is 11.3 Å². The second-order valence-corrected chi connectivity index (χ2v) is 7.85. The molecular formula is C18H30N4O2S. The second kappa shape index (κ2) is 9.07.